The van der Waals surface area contributed by atoms with Crippen molar-refractivity contribution in [2.45, 2.75) is 28.7 Å². The van der Waals surface area contributed by atoms with E-state index in [9.17, 15) is 16.8 Å². The van der Waals surface area contributed by atoms with Gasteiger partial charge in [-0.2, -0.15) is 15.6 Å². The molecule has 1 atom stereocenters. The largest absolute Gasteiger partial charge is 0.301 e. The molecule has 1 unspecified atom stereocenters. The number of nitrogens with zero attached hydrogens (tertiary/aromatic N) is 2. The number of benzene rings is 1. The summed E-state index contributed by atoms with van der Waals surface area (Å²) < 4.78 is 54.5. The maximum absolute atomic E-state index is 12.7. The fourth-order valence-electron chi connectivity index (χ4n) is 3.20. The molecule has 1 aromatic heterocycles. The molecular formula is C18H25N3O4S3. The molecule has 3 rings (SSSR count). The van der Waals surface area contributed by atoms with Gasteiger partial charge in [0.05, 0.1) is 9.79 Å². The highest BCUT2D eigenvalue weighted by atomic mass is 32.2. The molecule has 1 saturated heterocycles. The standard InChI is InChI=1S/C18H25N3O4S3/c1-20(2)18(15-9-12-26-14-15)13-19-27(22,23)16-5-7-17(8-6-16)28(24,25)21-10-3-4-11-21/h5-9,12,14,18-19H,3-4,10-11,13H2,1-2H3. The number of thiophene rings is 1. The lowest BCUT2D eigenvalue weighted by Gasteiger charge is -2.24. The lowest BCUT2D eigenvalue weighted by Crippen LogP contribution is -2.34. The normalized spacial score (nSPS) is 17.2. The molecule has 0 spiro atoms. The second-order valence-corrected chi connectivity index (χ2v) is 11.5. The predicted octanol–water partition coefficient (Wildman–Crippen LogP) is 2.11. The second kappa shape index (κ2) is 8.60. The van der Waals surface area contributed by atoms with Crippen LogP contribution in [0.5, 0.6) is 0 Å². The molecule has 2 heterocycles. The summed E-state index contributed by atoms with van der Waals surface area (Å²) in [5, 5.41) is 3.96. The van der Waals surface area contributed by atoms with Crippen LogP contribution in [0.15, 0.2) is 50.9 Å². The molecule has 7 nitrogen and oxygen atoms in total. The molecule has 1 aliphatic heterocycles. The summed E-state index contributed by atoms with van der Waals surface area (Å²) in [6, 6.07) is 7.31. The van der Waals surface area contributed by atoms with Crippen LogP contribution in [0.4, 0.5) is 0 Å². The maximum Gasteiger partial charge on any atom is 0.243 e. The Kier molecular flexibility index (Phi) is 6.58. The van der Waals surface area contributed by atoms with E-state index < -0.39 is 20.0 Å². The van der Waals surface area contributed by atoms with Crippen molar-refractivity contribution >= 4 is 31.4 Å². The van der Waals surface area contributed by atoms with Crippen LogP contribution in [0.3, 0.4) is 0 Å². The summed E-state index contributed by atoms with van der Waals surface area (Å²) in [7, 11) is -3.50. The molecule has 1 aliphatic rings. The Morgan fingerprint density at radius 3 is 2.18 bits per heavy atom. The van der Waals surface area contributed by atoms with Crippen LogP contribution in [-0.2, 0) is 20.0 Å². The average molecular weight is 444 g/mol. The zero-order chi connectivity index (χ0) is 20.4. The van der Waals surface area contributed by atoms with Gasteiger partial charge in [0.15, 0.2) is 0 Å². The predicted molar refractivity (Wildman–Crippen MR) is 110 cm³/mol. The molecule has 2 aromatic rings. The van der Waals surface area contributed by atoms with Crippen molar-refractivity contribution in [3.8, 4) is 0 Å². The highest BCUT2D eigenvalue weighted by molar-refractivity contribution is 7.89. The Morgan fingerprint density at radius 2 is 1.64 bits per heavy atom. The summed E-state index contributed by atoms with van der Waals surface area (Å²) in [4.78, 5) is 2.13. The first kappa shape index (κ1) is 21.4. The summed E-state index contributed by atoms with van der Waals surface area (Å²) in [5.74, 6) is 0. The van der Waals surface area contributed by atoms with Gasteiger partial charge in [0, 0.05) is 25.7 Å². The third-order valence-corrected chi connectivity index (χ3v) is 8.91. The van der Waals surface area contributed by atoms with Crippen molar-refractivity contribution < 1.29 is 16.8 Å². The molecule has 1 aromatic carbocycles. The molecule has 154 valence electrons. The number of likely N-dealkylation sites (N-methyl/N-ethyl adjacent to an activating group) is 1. The van der Waals surface area contributed by atoms with Gasteiger partial charge in [0.1, 0.15) is 0 Å². The summed E-state index contributed by atoms with van der Waals surface area (Å²) in [6.45, 7) is 1.25. The fraction of sp³-hybridized carbons (Fsp3) is 0.444. The van der Waals surface area contributed by atoms with Gasteiger partial charge in [-0.15, -0.1) is 0 Å². The fourth-order valence-corrected chi connectivity index (χ4v) is 6.47. The first-order chi connectivity index (χ1) is 13.2. The van der Waals surface area contributed by atoms with Crippen molar-refractivity contribution in [2.24, 2.45) is 0 Å². The molecule has 0 amide bonds. The third-order valence-electron chi connectivity index (χ3n) is 4.85. The zero-order valence-corrected chi connectivity index (χ0v) is 18.4. The minimum Gasteiger partial charge on any atom is -0.301 e. The van der Waals surface area contributed by atoms with Crippen LogP contribution < -0.4 is 4.72 Å². The van der Waals surface area contributed by atoms with Crippen LogP contribution in [0.2, 0.25) is 0 Å². The highest BCUT2D eigenvalue weighted by Crippen LogP contribution is 2.23. The SMILES string of the molecule is CN(C)C(CNS(=O)(=O)c1ccc(S(=O)(=O)N2CCCC2)cc1)c1ccsc1. The number of hydrogen-bond acceptors (Lipinski definition) is 6. The van der Waals surface area contributed by atoms with E-state index in [0.717, 1.165) is 18.4 Å². The highest BCUT2D eigenvalue weighted by Gasteiger charge is 2.27. The van der Waals surface area contributed by atoms with Gasteiger partial charge in [0.25, 0.3) is 0 Å². The topological polar surface area (TPSA) is 86.8 Å². The van der Waals surface area contributed by atoms with Crippen LogP contribution in [0.25, 0.3) is 0 Å². The van der Waals surface area contributed by atoms with Gasteiger partial charge in [-0.25, -0.2) is 21.6 Å². The van der Waals surface area contributed by atoms with Gasteiger partial charge in [-0.3, -0.25) is 0 Å². The Morgan fingerprint density at radius 1 is 1.04 bits per heavy atom. The average Bonchev–Trinajstić information content (AvgIpc) is 3.36. The quantitative estimate of drug-likeness (QED) is 0.675. The van der Waals surface area contributed by atoms with E-state index in [1.54, 1.807) is 11.3 Å². The van der Waals surface area contributed by atoms with Gasteiger partial charge in [-0.1, -0.05) is 0 Å². The van der Waals surface area contributed by atoms with E-state index >= 15 is 0 Å². The first-order valence-electron chi connectivity index (χ1n) is 9.00. The number of nitrogens with one attached hydrogen (secondary N) is 1. The number of sulfonamides is 2. The van der Waals surface area contributed by atoms with E-state index in [-0.39, 0.29) is 22.4 Å². The van der Waals surface area contributed by atoms with Crippen molar-refractivity contribution in [1.82, 2.24) is 13.9 Å². The van der Waals surface area contributed by atoms with Crippen LogP contribution in [0.1, 0.15) is 24.4 Å². The molecule has 0 radical (unpaired) electrons. The summed E-state index contributed by atoms with van der Waals surface area (Å²) in [6.07, 6.45) is 1.71. The Hall–Kier alpha value is -1.30. The lowest BCUT2D eigenvalue weighted by atomic mass is 10.1. The lowest BCUT2D eigenvalue weighted by molar-refractivity contribution is 0.300. The zero-order valence-electron chi connectivity index (χ0n) is 15.9. The minimum absolute atomic E-state index is 0.0516. The number of rotatable bonds is 8. The first-order valence-corrected chi connectivity index (χ1v) is 12.9. The van der Waals surface area contributed by atoms with Crippen LogP contribution >= 0.6 is 11.3 Å². The molecule has 1 fully saturated rings. The third kappa shape index (κ3) is 4.64. The smallest absolute Gasteiger partial charge is 0.243 e. The number of hydrogen-bond donors (Lipinski definition) is 1. The molecule has 10 heteroatoms. The molecule has 0 saturated carbocycles. The van der Waals surface area contributed by atoms with Crippen molar-refractivity contribution in [3.05, 3.63) is 46.7 Å². The summed E-state index contributed by atoms with van der Waals surface area (Å²) in [5.41, 5.74) is 1.05. The van der Waals surface area contributed by atoms with Gasteiger partial charge in [0.2, 0.25) is 20.0 Å². The molecule has 28 heavy (non-hydrogen) atoms. The van der Waals surface area contributed by atoms with E-state index in [4.69, 9.17) is 0 Å². The van der Waals surface area contributed by atoms with E-state index in [1.165, 1.54) is 28.6 Å². The van der Waals surface area contributed by atoms with Gasteiger partial charge >= 0.3 is 0 Å². The summed E-state index contributed by atoms with van der Waals surface area (Å²) >= 11 is 1.56. The molecule has 0 bridgehead atoms. The van der Waals surface area contributed by atoms with Crippen molar-refractivity contribution in [1.29, 1.82) is 0 Å². The molecule has 0 aliphatic carbocycles. The molecule has 1 N–H and O–H groups in total. The van der Waals surface area contributed by atoms with E-state index in [1.807, 2.05) is 35.8 Å². The Labute approximate surface area is 171 Å². The van der Waals surface area contributed by atoms with Crippen molar-refractivity contribution in [3.63, 3.8) is 0 Å². The Bertz CT molecular complexity index is 979. The monoisotopic (exact) mass is 443 g/mol. The van der Waals surface area contributed by atoms with Crippen LogP contribution in [0, 0.1) is 0 Å². The van der Waals surface area contributed by atoms with Gasteiger partial charge < -0.3 is 4.90 Å². The molecular weight excluding hydrogens is 418 g/mol. The minimum atomic E-state index is -3.74. The second-order valence-electron chi connectivity index (χ2n) is 6.97. The van der Waals surface area contributed by atoms with E-state index in [0.29, 0.717) is 13.1 Å². The van der Waals surface area contributed by atoms with Crippen LogP contribution in [-0.4, -0.2) is 59.8 Å². The van der Waals surface area contributed by atoms with E-state index in [2.05, 4.69) is 4.72 Å². The van der Waals surface area contributed by atoms with Gasteiger partial charge in [-0.05, 0) is 73.6 Å². The maximum atomic E-state index is 12.7. The Balaban J connectivity index is 1.73. The van der Waals surface area contributed by atoms with Crippen molar-refractivity contribution in [2.75, 3.05) is 33.7 Å².